The van der Waals surface area contributed by atoms with Crippen molar-refractivity contribution in [3.63, 3.8) is 0 Å². The summed E-state index contributed by atoms with van der Waals surface area (Å²) in [6.45, 7) is 4.05. The molecule has 1 aromatic heterocycles. The summed E-state index contributed by atoms with van der Waals surface area (Å²) in [6, 6.07) is 11.3. The molecular weight excluding hydrogens is 212 g/mol. The van der Waals surface area contributed by atoms with E-state index in [0.29, 0.717) is 0 Å². The van der Waals surface area contributed by atoms with Gasteiger partial charge in [0.1, 0.15) is 11.5 Å². The van der Waals surface area contributed by atoms with Gasteiger partial charge in [0.15, 0.2) is 0 Å². The second-order valence-corrected chi connectivity index (χ2v) is 3.92. The largest absolute Gasteiger partial charge is 0.455 e. The SMILES string of the molecule is CCc1nc(C)ccc1Oc1ccc(N)cc1. The molecular formula is C14H16N2O. The van der Waals surface area contributed by atoms with Crippen LogP contribution in [0.1, 0.15) is 18.3 Å². The second-order valence-electron chi connectivity index (χ2n) is 3.92. The number of nitrogens with two attached hydrogens (primary N) is 1. The number of aromatic nitrogens is 1. The highest BCUT2D eigenvalue weighted by Crippen LogP contribution is 2.25. The third-order valence-electron chi connectivity index (χ3n) is 2.51. The van der Waals surface area contributed by atoms with E-state index >= 15 is 0 Å². The monoisotopic (exact) mass is 228 g/mol. The average Bonchev–Trinajstić information content (AvgIpc) is 2.34. The fourth-order valence-electron chi connectivity index (χ4n) is 1.61. The Kier molecular flexibility index (Phi) is 3.28. The highest BCUT2D eigenvalue weighted by atomic mass is 16.5. The Hall–Kier alpha value is -2.03. The molecule has 17 heavy (non-hydrogen) atoms. The number of ether oxygens (including phenoxy) is 1. The molecule has 0 saturated heterocycles. The predicted molar refractivity (Wildman–Crippen MR) is 69.3 cm³/mol. The van der Waals surface area contributed by atoms with Gasteiger partial charge in [-0.05, 0) is 49.7 Å². The van der Waals surface area contributed by atoms with Gasteiger partial charge < -0.3 is 10.5 Å². The van der Waals surface area contributed by atoms with Gasteiger partial charge in [-0.15, -0.1) is 0 Å². The zero-order valence-corrected chi connectivity index (χ0v) is 10.1. The van der Waals surface area contributed by atoms with Gasteiger partial charge in [0.05, 0.1) is 5.69 Å². The van der Waals surface area contributed by atoms with Crippen molar-refractivity contribution in [3.8, 4) is 11.5 Å². The molecule has 3 heteroatoms. The summed E-state index contributed by atoms with van der Waals surface area (Å²) in [5, 5.41) is 0. The van der Waals surface area contributed by atoms with E-state index in [9.17, 15) is 0 Å². The van der Waals surface area contributed by atoms with Crippen LogP contribution in [0, 0.1) is 6.92 Å². The van der Waals surface area contributed by atoms with Crippen LogP contribution in [0.3, 0.4) is 0 Å². The van der Waals surface area contributed by atoms with Gasteiger partial charge in [0.2, 0.25) is 0 Å². The number of anilines is 1. The van der Waals surface area contributed by atoms with E-state index in [4.69, 9.17) is 10.5 Å². The third kappa shape index (κ3) is 2.75. The molecule has 0 unspecified atom stereocenters. The Morgan fingerprint density at radius 3 is 2.47 bits per heavy atom. The predicted octanol–water partition coefficient (Wildman–Crippen LogP) is 3.33. The molecule has 0 radical (unpaired) electrons. The van der Waals surface area contributed by atoms with Gasteiger partial charge in [-0.2, -0.15) is 0 Å². The Morgan fingerprint density at radius 1 is 1.12 bits per heavy atom. The molecule has 88 valence electrons. The number of hydrogen-bond donors (Lipinski definition) is 1. The number of pyridine rings is 1. The summed E-state index contributed by atoms with van der Waals surface area (Å²) in [4.78, 5) is 4.46. The third-order valence-corrected chi connectivity index (χ3v) is 2.51. The first-order valence-corrected chi connectivity index (χ1v) is 5.69. The van der Waals surface area contributed by atoms with Gasteiger partial charge in [0, 0.05) is 11.4 Å². The number of benzene rings is 1. The van der Waals surface area contributed by atoms with Crippen molar-refractivity contribution in [2.45, 2.75) is 20.3 Å². The van der Waals surface area contributed by atoms with Gasteiger partial charge in [0.25, 0.3) is 0 Å². The van der Waals surface area contributed by atoms with Crippen molar-refractivity contribution in [1.82, 2.24) is 4.98 Å². The van der Waals surface area contributed by atoms with Crippen molar-refractivity contribution in [2.24, 2.45) is 0 Å². The molecule has 1 heterocycles. The van der Waals surface area contributed by atoms with Crippen LogP contribution in [0.4, 0.5) is 5.69 Å². The summed E-state index contributed by atoms with van der Waals surface area (Å²) < 4.78 is 5.79. The maximum atomic E-state index is 5.79. The fourth-order valence-corrected chi connectivity index (χ4v) is 1.61. The number of nitrogen functional groups attached to an aromatic ring is 1. The lowest BCUT2D eigenvalue weighted by atomic mass is 10.2. The number of rotatable bonds is 3. The van der Waals surface area contributed by atoms with Crippen molar-refractivity contribution in [1.29, 1.82) is 0 Å². The Labute approximate surface area is 101 Å². The molecule has 0 aliphatic heterocycles. The zero-order valence-electron chi connectivity index (χ0n) is 10.1. The standard InChI is InChI=1S/C14H16N2O/c1-3-13-14(9-4-10(2)16-13)17-12-7-5-11(15)6-8-12/h4-9H,3,15H2,1-2H3. The van der Waals surface area contributed by atoms with E-state index in [2.05, 4.69) is 11.9 Å². The van der Waals surface area contributed by atoms with Crippen LogP contribution < -0.4 is 10.5 Å². The van der Waals surface area contributed by atoms with Gasteiger partial charge in [-0.3, -0.25) is 4.98 Å². The van der Waals surface area contributed by atoms with Crippen molar-refractivity contribution in [3.05, 3.63) is 47.8 Å². The molecule has 2 rings (SSSR count). The Bertz CT molecular complexity index is 506. The Morgan fingerprint density at radius 2 is 1.82 bits per heavy atom. The van der Waals surface area contributed by atoms with Crippen molar-refractivity contribution in [2.75, 3.05) is 5.73 Å². The van der Waals surface area contributed by atoms with Crippen LogP contribution in [0.25, 0.3) is 0 Å². The quantitative estimate of drug-likeness (QED) is 0.820. The maximum Gasteiger partial charge on any atom is 0.148 e. The van der Waals surface area contributed by atoms with E-state index < -0.39 is 0 Å². The van der Waals surface area contributed by atoms with Crippen LogP contribution in [0.15, 0.2) is 36.4 Å². The second kappa shape index (κ2) is 4.87. The molecule has 0 spiro atoms. The summed E-state index contributed by atoms with van der Waals surface area (Å²) in [6.07, 6.45) is 0.853. The van der Waals surface area contributed by atoms with E-state index in [1.807, 2.05) is 43.3 Å². The minimum absolute atomic E-state index is 0.732. The zero-order chi connectivity index (χ0) is 12.3. The maximum absolute atomic E-state index is 5.79. The van der Waals surface area contributed by atoms with E-state index in [1.165, 1.54) is 0 Å². The first kappa shape index (κ1) is 11.5. The lowest BCUT2D eigenvalue weighted by Gasteiger charge is -2.10. The smallest absolute Gasteiger partial charge is 0.148 e. The van der Waals surface area contributed by atoms with E-state index in [-0.39, 0.29) is 0 Å². The number of aryl methyl sites for hydroxylation is 2. The molecule has 0 atom stereocenters. The normalized spacial score (nSPS) is 10.2. The van der Waals surface area contributed by atoms with Crippen LogP contribution in [-0.4, -0.2) is 4.98 Å². The molecule has 3 nitrogen and oxygen atoms in total. The lowest BCUT2D eigenvalue weighted by Crippen LogP contribution is -1.95. The van der Waals surface area contributed by atoms with Gasteiger partial charge in [-0.1, -0.05) is 6.92 Å². The average molecular weight is 228 g/mol. The molecule has 2 N–H and O–H groups in total. The molecule has 1 aromatic carbocycles. The van der Waals surface area contributed by atoms with E-state index in [0.717, 1.165) is 35.0 Å². The minimum Gasteiger partial charge on any atom is -0.455 e. The van der Waals surface area contributed by atoms with Crippen molar-refractivity contribution >= 4 is 5.69 Å². The lowest BCUT2D eigenvalue weighted by molar-refractivity contribution is 0.473. The number of nitrogens with zero attached hydrogens (tertiary/aromatic N) is 1. The molecule has 0 fully saturated rings. The minimum atomic E-state index is 0.732. The summed E-state index contributed by atoms with van der Waals surface area (Å²) in [5.41, 5.74) is 8.34. The highest BCUT2D eigenvalue weighted by molar-refractivity contribution is 5.43. The van der Waals surface area contributed by atoms with Crippen LogP contribution in [-0.2, 0) is 6.42 Å². The van der Waals surface area contributed by atoms with Crippen LogP contribution in [0.5, 0.6) is 11.5 Å². The molecule has 0 saturated carbocycles. The summed E-state index contributed by atoms with van der Waals surface area (Å²) in [7, 11) is 0. The first-order valence-electron chi connectivity index (χ1n) is 5.69. The van der Waals surface area contributed by atoms with E-state index in [1.54, 1.807) is 0 Å². The van der Waals surface area contributed by atoms with Gasteiger partial charge >= 0.3 is 0 Å². The first-order chi connectivity index (χ1) is 8.19. The molecule has 2 aromatic rings. The molecule has 0 amide bonds. The molecule has 0 aliphatic carbocycles. The van der Waals surface area contributed by atoms with Gasteiger partial charge in [-0.25, -0.2) is 0 Å². The summed E-state index contributed by atoms with van der Waals surface area (Å²) >= 11 is 0. The molecule has 0 bridgehead atoms. The molecule has 0 aliphatic rings. The Balaban J connectivity index is 2.26. The topological polar surface area (TPSA) is 48.1 Å². The van der Waals surface area contributed by atoms with Crippen LogP contribution in [0.2, 0.25) is 0 Å². The fraction of sp³-hybridized carbons (Fsp3) is 0.214. The highest BCUT2D eigenvalue weighted by Gasteiger charge is 2.05. The van der Waals surface area contributed by atoms with Crippen LogP contribution >= 0.6 is 0 Å². The number of hydrogen-bond acceptors (Lipinski definition) is 3. The summed E-state index contributed by atoms with van der Waals surface area (Å²) in [5.74, 6) is 1.59. The van der Waals surface area contributed by atoms with Crippen molar-refractivity contribution < 1.29 is 4.74 Å².